The summed E-state index contributed by atoms with van der Waals surface area (Å²) in [6, 6.07) is 14.5. The highest BCUT2D eigenvalue weighted by Gasteiger charge is 2.28. The number of rotatable bonds is 4. The summed E-state index contributed by atoms with van der Waals surface area (Å²) in [5, 5.41) is 9.97. The number of nitriles is 1. The van der Waals surface area contributed by atoms with E-state index in [0.717, 1.165) is 61.2 Å². The molecule has 1 aliphatic carbocycles. The fraction of sp³-hybridized carbons (Fsp3) is 0.346. The Bertz CT molecular complexity index is 1200. The molecule has 3 heterocycles. The van der Waals surface area contributed by atoms with E-state index >= 15 is 0 Å². The van der Waals surface area contributed by atoms with Gasteiger partial charge in [0.2, 0.25) is 5.88 Å². The molecule has 1 fully saturated rings. The first-order valence-electron chi connectivity index (χ1n) is 11.2. The lowest BCUT2D eigenvalue weighted by Gasteiger charge is -2.38. The Morgan fingerprint density at radius 3 is 2.59 bits per heavy atom. The van der Waals surface area contributed by atoms with Crippen molar-refractivity contribution in [3.05, 3.63) is 65.5 Å². The third-order valence-electron chi connectivity index (χ3n) is 6.71. The van der Waals surface area contributed by atoms with Crippen LogP contribution < -0.4 is 9.64 Å². The van der Waals surface area contributed by atoms with E-state index in [-0.39, 0.29) is 0 Å². The van der Waals surface area contributed by atoms with Gasteiger partial charge in [0, 0.05) is 49.7 Å². The number of hydrogen-bond acceptors (Lipinski definition) is 6. The normalized spacial score (nSPS) is 19.1. The lowest BCUT2D eigenvalue weighted by atomic mass is 10.0. The summed E-state index contributed by atoms with van der Waals surface area (Å²) in [7, 11) is 1.67. The van der Waals surface area contributed by atoms with Crippen LogP contribution in [0.25, 0.3) is 16.5 Å². The monoisotopic (exact) mass is 425 g/mol. The maximum absolute atomic E-state index is 9.01. The molecule has 0 saturated carbocycles. The molecule has 0 N–H and O–H groups in total. The summed E-state index contributed by atoms with van der Waals surface area (Å²) in [5.74, 6) is 0.647. The number of aryl methyl sites for hydroxylation is 1. The van der Waals surface area contributed by atoms with Crippen LogP contribution in [-0.2, 0) is 0 Å². The van der Waals surface area contributed by atoms with Crippen molar-refractivity contribution in [2.45, 2.75) is 25.8 Å². The molecule has 162 valence electrons. The van der Waals surface area contributed by atoms with Crippen LogP contribution in [-0.4, -0.2) is 54.2 Å². The van der Waals surface area contributed by atoms with E-state index in [0.29, 0.717) is 17.5 Å². The summed E-state index contributed by atoms with van der Waals surface area (Å²) in [6.07, 6.45) is 6.38. The molecule has 2 aliphatic rings. The molecule has 2 aromatic heterocycles. The minimum atomic E-state index is 0.444. The highest BCUT2D eigenvalue weighted by atomic mass is 16.5. The van der Waals surface area contributed by atoms with Gasteiger partial charge in [-0.25, -0.2) is 4.98 Å². The van der Waals surface area contributed by atoms with Gasteiger partial charge in [-0.3, -0.25) is 9.88 Å². The average Bonchev–Trinajstić information content (AvgIpc) is 3.35. The number of nitrogens with zero attached hydrogens (tertiary/aromatic N) is 5. The summed E-state index contributed by atoms with van der Waals surface area (Å²) < 4.78 is 5.58. The van der Waals surface area contributed by atoms with Gasteiger partial charge in [-0.1, -0.05) is 6.08 Å². The van der Waals surface area contributed by atoms with Gasteiger partial charge in [0.25, 0.3) is 0 Å². The Kier molecular flexibility index (Phi) is 5.50. The fourth-order valence-electron chi connectivity index (χ4n) is 4.95. The maximum Gasteiger partial charge on any atom is 0.223 e. The Morgan fingerprint density at radius 1 is 1.09 bits per heavy atom. The van der Waals surface area contributed by atoms with Crippen LogP contribution in [0.1, 0.15) is 29.7 Å². The van der Waals surface area contributed by atoms with Gasteiger partial charge in [0.05, 0.1) is 35.3 Å². The molecule has 0 amide bonds. The van der Waals surface area contributed by atoms with Crippen LogP contribution in [0.4, 0.5) is 5.69 Å². The second-order valence-corrected chi connectivity index (χ2v) is 8.47. The number of allylic oxidation sites excluding steroid dienone is 1. The van der Waals surface area contributed by atoms with Crippen LogP contribution in [0, 0.1) is 18.3 Å². The Balaban J connectivity index is 1.32. The van der Waals surface area contributed by atoms with Crippen LogP contribution in [0.3, 0.4) is 0 Å². The van der Waals surface area contributed by atoms with E-state index in [2.05, 4.69) is 46.0 Å². The first-order valence-corrected chi connectivity index (χ1v) is 11.2. The van der Waals surface area contributed by atoms with Gasteiger partial charge in [0.1, 0.15) is 0 Å². The Hall–Kier alpha value is -3.43. The molecule has 3 aromatic rings. The van der Waals surface area contributed by atoms with Crippen molar-refractivity contribution in [3.8, 4) is 11.9 Å². The highest BCUT2D eigenvalue weighted by Crippen LogP contribution is 2.36. The van der Waals surface area contributed by atoms with E-state index in [1.54, 1.807) is 7.11 Å². The molecule has 32 heavy (non-hydrogen) atoms. The third-order valence-corrected chi connectivity index (χ3v) is 6.71. The molecule has 0 spiro atoms. The van der Waals surface area contributed by atoms with Crippen molar-refractivity contribution in [1.82, 2.24) is 14.9 Å². The van der Waals surface area contributed by atoms with E-state index in [4.69, 9.17) is 15.0 Å². The number of fused-ring (bicyclic) bond motifs is 1. The minimum Gasteiger partial charge on any atom is -0.480 e. The average molecular weight is 426 g/mol. The topological polar surface area (TPSA) is 65.3 Å². The van der Waals surface area contributed by atoms with Gasteiger partial charge in [-0.2, -0.15) is 5.26 Å². The van der Waals surface area contributed by atoms with Crippen molar-refractivity contribution in [3.63, 3.8) is 0 Å². The van der Waals surface area contributed by atoms with E-state index in [1.807, 2.05) is 30.5 Å². The van der Waals surface area contributed by atoms with Crippen molar-refractivity contribution in [2.24, 2.45) is 0 Å². The Morgan fingerprint density at radius 2 is 1.88 bits per heavy atom. The number of piperazine rings is 1. The molecule has 5 rings (SSSR count). The molecule has 1 saturated heterocycles. The molecule has 6 heteroatoms. The minimum absolute atomic E-state index is 0.444. The summed E-state index contributed by atoms with van der Waals surface area (Å²) in [4.78, 5) is 14.5. The zero-order chi connectivity index (χ0) is 22.1. The first-order chi connectivity index (χ1) is 15.7. The largest absolute Gasteiger partial charge is 0.480 e. The van der Waals surface area contributed by atoms with E-state index in [1.165, 1.54) is 11.3 Å². The second kappa shape index (κ2) is 8.60. The first kappa shape index (κ1) is 20.5. The van der Waals surface area contributed by atoms with Crippen molar-refractivity contribution in [1.29, 1.82) is 5.26 Å². The molecule has 0 bridgehead atoms. The summed E-state index contributed by atoms with van der Waals surface area (Å²) in [6.45, 7) is 6.17. The number of anilines is 1. The van der Waals surface area contributed by atoms with Crippen molar-refractivity contribution in [2.75, 3.05) is 38.2 Å². The smallest absolute Gasteiger partial charge is 0.223 e. The zero-order valence-electron chi connectivity index (χ0n) is 18.6. The number of ether oxygens (including phenoxy) is 1. The molecule has 1 atom stereocenters. The predicted molar refractivity (Wildman–Crippen MR) is 127 cm³/mol. The van der Waals surface area contributed by atoms with Gasteiger partial charge in [-0.05, 0) is 61.7 Å². The number of hydrogen-bond donors (Lipinski definition) is 0. The lowest BCUT2D eigenvalue weighted by molar-refractivity contribution is 0.214. The summed E-state index contributed by atoms with van der Waals surface area (Å²) >= 11 is 0. The number of benzene rings is 1. The van der Waals surface area contributed by atoms with Gasteiger partial charge >= 0.3 is 0 Å². The lowest BCUT2D eigenvalue weighted by Crippen LogP contribution is -2.49. The third kappa shape index (κ3) is 3.69. The van der Waals surface area contributed by atoms with Crippen LogP contribution in [0.15, 0.2) is 48.7 Å². The molecule has 6 nitrogen and oxygen atoms in total. The molecular formula is C26H27N5O. The number of methoxy groups -OCH3 is 1. The van der Waals surface area contributed by atoms with Crippen LogP contribution >= 0.6 is 0 Å². The molecule has 0 radical (unpaired) electrons. The van der Waals surface area contributed by atoms with Gasteiger partial charge in [0.15, 0.2) is 0 Å². The fourth-order valence-corrected chi connectivity index (χ4v) is 4.95. The van der Waals surface area contributed by atoms with E-state index < -0.39 is 0 Å². The van der Waals surface area contributed by atoms with Gasteiger partial charge < -0.3 is 9.64 Å². The molecule has 1 aromatic carbocycles. The molecular weight excluding hydrogens is 398 g/mol. The number of pyridine rings is 2. The predicted octanol–water partition coefficient (Wildman–Crippen LogP) is 4.19. The maximum atomic E-state index is 9.01. The van der Waals surface area contributed by atoms with Crippen molar-refractivity contribution >= 4 is 22.2 Å². The quantitative estimate of drug-likeness (QED) is 0.625. The molecule has 1 aliphatic heterocycles. The van der Waals surface area contributed by atoms with Crippen LogP contribution in [0.5, 0.6) is 5.88 Å². The van der Waals surface area contributed by atoms with Crippen LogP contribution in [0.2, 0.25) is 0 Å². The second-order valence-electron chi connectivity index (χ2n) is 8.47. The zero-order valence-corrected chi connectivity index (χ0v) is 18.6. The molecule has 1 unspecified atom stereocenters. The van der Waals surface area contributed by atoms with E-state index in [9.17, 15) is 0 Å². The Labute approximate surface area is 188 Å². The number of aromatic nitrogens is 2. The summed E-state index contributed by atoms with van der Waals surface area (Å²) in [5.41, 5.74) is 6.32. The SMILES string of the molecule is COc1nc(C2=CC(N3CCN(c4ccc(C#N)cc4)CC3)CC2)c(C)c2ncccc12. The van der Waals surface area contributed by atoms with Gasteiger partial charge in [-0.15, -0.1) is 0 Å². The standard InChI is InChI=1S/C26H27N5O/c1-18-24(29-26(32-2)23-4-3-11-28-25(18)23)20-7-10-22(16-20)31-14-12-30(13-15-31)21-8-5-19(17-27)6-9-21/h3-6,8-9,11,16,22H,7,10,12-15H2,1-2H3. The van der Waals surface area contributed by atoms with Crippen molar-refractivity contribution < 1.29 is 4.74 Å². The highest BCUT2D eigenvalue weighted by molar-refractivity contribution is 5.89.